The SMILES string of the molecule is O=C1COC2(CCN(C(=O)Nc3ccc(F)cc3F)C2)CN1. The Morgan fingerprint density at radius 1 is 1.41 bits per heavy atom. The molecular formula is C14H15F2N3O3. The third-order valence-corrected chi connectivity index (χ3v) is 3.89. The molecule has 2 aliphatic rings. The summed E-state index contributed by atoms with van der Waals surface area (Å²) in [6.45, 7) is 1.06. The molecule has 2 heterocycles. The number of nitrogens with one attached hydrogen (secondary N) is 2. The number of hydrogen-bond acceptors (Lipinski definition) is 3. The Hall–Kier alpha value is -2.22. The van der Waals surface area contributed by atoms with Gasteiger partial charge in [-0.1, -0.05) is 0 Å². The van der Waals surface area contributed by atoms with Crippen molar-refractivity contribution in [2.45, 2.75) is 12.0 Å². The van der Waals surface area contributed by atoms with Gasteiger partial charge in [0.05, 0.1) is 12.2 Å². The lowest BCUT2D eigenvalue weighted by Gasteiger charge is -2.33. The fourth-order valence-corrected chi connectivity index (χ4v) is 2.65. The summed E-state index contributed by atoms with van der Waals surface area (Å²) in [6.07, 6.45) is 0.590. The van der Waals surface area contributed by atoms with Gasteiger partial charge in [-0.05, 0) is 18.6 Å². The number of urea groups is 1. The van der Waals surface area contributed by atoms with Gasteiger partial charge in [0.2, 0.25) is 5.91 Å². The second-order valence-electron chi connectivity index (χ2n) is 5.47. The highest BCUT2D eigenvalue weighted by Gasteiger charge is 2.43. The second kappa shape index (κ2) is 5.53. The van der Waals surface area contributed by atoms with Crippen LogP contribution in [-0.2, 0) is 9.53 Å². The Labute approximate surface area is 125 Å². The Morgan fingerprint density at radius 2 is 2.23 bits per heavy atom. The Balaban J connectivity index is 1.63. The predicted octanol–water partition coefficient (Wildman–Crippen LogP) is 1.09. The first-order chi connectivity index (χ1) is 10.5. The van der Waals surface area contributed by atoms with Crippen molar-refractivity contribution in [2.24, 2.45) is 0 Å². The zero-order chi connectivity index (χ0) is 15.7. The van der Waals surface area contributed by atoms with Gasteiger partial charge >= 0.3 is 6.03 Å². The van der Waals surface area contributed by atoms with Crippen molar-refractivity contribution in [2.75, 3.05) is 31.6 Å². The lowest BCUT2D eigenvalue weighted by atomic mass is 10.0. The first-order valence-electron chi connectivity index (χ1n) is 6.89. The molecule has 1 aromatic rings. The second-order valence-corrected chi connectivity index (χ2v) is 5.47. The molecule has 6 nitrogen and oxygen atoms in total. The molecule has 0 aromatic heterocycles. The normalized spacial score (nSPS) is 24.5. The molecule has 0 saturated carbocycles. The van der Waals surface area contributed by atoms with E-state index in [9.17, 15) is 18.4 Å². The maximum Gasteiger partial charge on any atom is 0.322 e. The molecule has 1 atom stereocenters. The molecule has 2 saturated heterocycles. The fraction of sp³-hybridized carbons (Fsp3) is 0.429. The minimum atomic E-state index is -0.830. The van der Waals surface area contributed by atoms with Crippen molar-refractivity contribution in [3.05, 3.63) is 29.8 Å². The minimum Gasteiger partial charge on any atom is -0.361 e. The first-order valence-corrected chi connectivity index (χ1v) is 6.89. The van der Waals surface area contributed by atoms with Crippen LogP contribution in [0.5, 0.6) is 0 Å². The Kier molecular flexibility index (Phi) is 3.69. The van der Waals surface area contributed by atoms with Crippen LogP contribution >= 0.6 is 0 Å². The molecule has 2 N–H and O–H groups in total. The van der Waals surface area contributed by atoms with Crippen LogP contribution in [0.15, 0.2) is 18.2 Å². The maximum atomic E-state index is 13.5. The number of carbonyl (C=O) groups is 2. The van der Waals surface area contributed by atoms with E-state index in [2.05, 4.69) is 10.6 Å². The number of anilines is 1. The van der Waals surface area contributed by atoms with Crippen LogP contribution in [0, 0.1) is 11.6 Å². The first kappa shape index (κ1) is 14.7. The van der Waals surface area contributed by atoms with E-state index in [4.69, 9.17) is 4.74 Å². The van der Waals surface area contributed by atoms with Crippen molar-refractivity contribution in [1.82, 2.24) is 10.2 Å². The van der Waals surface area contributed by atoms with Crippen molar-refractivity contribution in [3.63, 3.8) is 0 Å². The summed E-state index contributed by atoms with van der Waals surface area (Å²) >= 11 is 0. The average Bonchev–Trinajstić information content (AvgIpc) is 2.90. The van der Waals surface area contributed by atoms with E-state index in [-0.39, 0.29) is 18.2 Å². The number of halogens is 2. The summed E-state index contributed by atoms with van der Waals surface area (Å²) in [5.41, 5.74) is -0.655. The van der Waals surface area contributed by atoms with E-state index in [0.29, 0.717) is 32.1 Å². The van der Waals surface area contributed by atoms with E-state index >= 15 is 0 Å². The highest BCUT2D eigenvalue weighted by Crippen LogP contribution is 2.27. The summed E-state index contributed by atoms with van der Waals surface area (Å²) < 4.78 is 31.9. The molecule has 118 valence electrons. The van der Waals surface area contributed by atoms with Crippen molar-refractivity contribution in [1.29, 1.82) is 0 Å². The molecule has 1 spiro atoms. The minimum absolute atomic E-state index is 0.0257. The average molecular weight is 311 g/mol. The number of amides is 3. The van der Waals surface area contributed by atoms with Gasteiger partial charge in [0.1, 0.15) is 23.8 Å². The quantitative estimate of drug-likeness (QED) is 0.815. The molecule has 2 fully saturated rings. The van der Waals surface area contributed by atoms with E-state index in [1.807, 2.05) is 0 Å². The standard InChI is InChI=1S/C14H15F2N3O3/c15-9-1-2-11(10(16)5-9)18-13(21)19-4-3-14(8-19)7-17-12(20)6-22-14/h1-2,5H,3-4,6-8H2,(H,17,20)(H,18,21). The van der Waals surface area contributed by atoms with Gasteiger partial charge in [-0.15, -0.1) is 0 Å². The van der Waals surface area contributed by atoms with Crippen LogP contribution in [0.25, 0.3) is 0 Å². The predicted molar refractivity (Wildman–Crippen MR) is 73.3 cm³/mol. The van der Waals surface area contributed by atoms with Gasteiger partial charge in [-0.3, -0.25) is 4.79 Å². The van der Waals surface area contributed by atoms with Crippen LogP contribution < -0.4 is 10.6 Å². The monoisotopic (exact) mass is 311 g/mol. The number of rotatable bonds is 1. The van der Waals surface area contributed by atoms with E-state index in [1.54, 1.807) is 0 Å². The summed E-state index contributed by atoms with van der Waals surface area (Å²) in [5.74, 6) is -1.72. The Morgan fingerprint density at radius 3 is 2.91 bits per heavy atom. The van der Waals surface area contributed by atoms with Gasteiger partial charge in [0.15, 0.2) is 0 Å². The topological polar surface area (TPSA) is 70.7 Å². The number of likely N-dealkylation sites (tertiary alicyclic amines) is 1. The largest absolute Gasteiger partial charge is 0.361 e. The van der Waals surface area contributed by atoms with E-state index in [1.165, 1.54) is 11.0 Å². The molecule has 0 aliphatic carbocycles. The molecule has 3 amide bonds. The summed E-state index contributed by atoms with van der Waals surface area (Å²) in [5, 5.41) is 5.13. The van der Waals surface area contributed by atoms with Crippen LogP contribution in [0.4, 0.5) is 19.3 Å². The lowest BCUT2D eigenvalue weighted by molar-refractivity contribution is -0.141. The molecule has 22 heavy (non-hydrogen) atoms. The summed E-state index contributed by atoms with van der Waals surface area (Å²) in [4.78, 5) is 24.8. The molecular weight excluding hydrogens is 296 g/mol. The highest BCUT2D eigenvalue weighted by molar-refractivity contribution is 5.89. The smallest absolute Gasteiger partial charge is 0.322 e. The van der Waals surface area contributed by atoms with Crippen LogP contribution in [0.2, 0.25) is 0 Å². The van der Waals surface area contributed by atoms with Gasteiger partial charge < -0.3 is 20.3 Å². The number of ether oxygens (including phenoxy) is 1. The van der Waals surface area contributed by atoms with Gasteiger partial charge in [-0.25, -0.2) is 13.6 Å². The van der Waals surface area contributed by atoms with Gasteiger partial charge in [-0.2, -0.15) is 0 Å². The van der Waals surface area contributed by atoms with Crippen LogP contribution in [-0.4, -0.2) is 48.7 Å². The molecule has 8 heteroatoms. The lowest BCUT2D eigenvalue weighted by Crippen LogP contribution is -2.54. The highest BCUT2D eigenvalue weighted by atomic mass is 19.1. The van der Waals surface area contributed by atoms with Crippen LogP contribution in [0.3, 0.4) is 0 Å². The summed E-state index contributed by atoms with van der Waals surface area (Å²) in [7, 11) is 0. The molecule has 0 radical (unpaired) electrons. The molecule has 3 rings (SSSR count). The molecule has 1 unspecified atom stereocenters. The maximum absolute atomic E-state index is 13.5. The molecule has 2 aliphatic heterocycles. The fourth-order valence-electron chi connectivity index (χ4n) is 2.65. The summed E-state index contributed by atoms with van der Waals surface area (Å²) in [6, 6.07) is 2.47. The van der Waals surface area contributed by atoms with Gasteiger partial charge in [0.25, 0.3) is 0 Å². The van der Waals surface area contributed by atoms with Crippen molar-refractivity contribution in [3.8, 4) is 0 Å². The van der Waals surface area contributed by atoms with Gasteiger partial charge in [0, 0.05) is 19.2 Å². The van der Waals surface area contributed by atoms with Crippen molar-refractivity contribution < 1.29 is 23.1 Å². The Bertz CT molecular complexity index is 613. The third-order valence-electron chi connectivity index (χ3n) is 3.89. The van der Waals surface area contributed by atoms with E-state index in [0.717, 1.165) is 6.07 Å². The van der Waals surface area contributed by atoms with Crippen LogP contribution in [0.1, 0.15) is 6.42 Å². The van der Waals surface area contributed by atoms with Crippen molar-refractivity contribution >= 4 is 17.6 Å². The number of carbonyl (C=O) groups excluding carboxylic acids is 2. The number of nitrogens with zero attached hydrogens (tertiary/aromatic N) is 1. The van der Waals surface area contributed by atoms with E-state index < -0.39 is 23.3 Å². The molecule has 0 bridgehead atoms. The molecule has 1 aromatic carbocycles. The number of hydrogen-bond donors (Lipinski definition) is 2. The zero-order valence-electron chi connectivity index (χ0n) is 11.7. The number of benzene rings is 1. The third kappa shape index (κ3) is 2.87. The zero-order valence-corrected chi connectivity index (χ0v) is 11.7. The number of morpholine rings is 1.